The van der Waals surface area contributed by atoms with Gasteiger partial charge in [-0.1, -0.05) is 102 Å². The SMILES string of the molecule is COc1ccc2cc1C(=O)N=NC(=O)[C@@H](N)CCC=NC(=O)[C@H](C)NC(=O)[C@H](Cc1ccccc1)NC(=O)[C@H](Cc1ccccc1)NC(=O)[C@H](C(C)C)NC(=O)[C@H](CC(C)C)NC(=O)[C@@H](N)CCCNC(=O)[C@H](CCCCN)NC(=O)[C@H](CC(C)C)NC(=O)C(=O)N2. The number of ether oxygens (including phenoxy) is 1. The van der Waals surface area contributed by atoms with Crippen LogP contribution in [0.1, 0.15) is 128 Å². The highest BCUT2D eigenvalue weighted by Gasteiger charge is 2.35. The molecule has 500 valence electrons. The van der Waals surface area contributed by atoms with Crippen LogP contribution in [0, 0.1) is 17.8 Å². The number of methoxy groups -OCH3 is 1. The molecule has 0 saturated heterocycles. The van der Waals surface area contributed by atoms with E-state index in [2.05, 4.69) is 63.1 Å². The van der Waals surface area contributed by atoms with Crippen LogP contribution < -0.4 is 69.8 Å². The Hall–Kier alpha value is -9.15. The van der Waals surface area contributed by atoms with Crippen LogP contribution in [0.4, 0.5) is 5.69 Å². The van der Waals surface area contributed by atoms with Crippen LogP contribution in [0.25, 0.3) is 0 Å². The molecule has 3 aromatic carbocycles. The quantitative estimate of drug-likeness (QED) is 0.0803. The lowest BCUT2D eigenvalue weighted by Gasteiger charge is -2.29. The van der Waals surface area contributed by atoms with Crippen molar-refractivity contribution in [1.82, 2.24) is 42.5 Å². The summed E-state index contributed by atoms with van der Waals surface area (Å²) in [6, 6.07) is 9.99. The third-order valence-corrected chi connectivity index (χ3v) is 14.7. The van der Waals surface area contributed by atoms with E-state index in [1.54, 1.807) is 88.4 Å². The molecule has 3 aromatic rings. The third kappa shape index (κ3) is 25.6. The topological polar surface area (TPSA) is 437 Å². The molecule has 28 nitrogen and oxygen atoms in total. The van der Waals surface area contributed by atoms with Crippen LogP contribution in [0.2, 0.25) is 0 Å². The van der Waals surface area contributed by atoms with Gasteiger partial charge in [0.25, 0.3) is 17.7 Å². The number of amides is 12. The molecule has 15 N–H and O–H groups in total. The average Bonchev–Trinajstić information content (AvgIpc) is 1.04. The van der Waals surface area contributed by atoms with E-state index in [-0.39, 0.29) is 93.2 Å². The number of hydrogen-bond acceptors (Lipinski definition) is 16. The summed E-state index contributed by atoms with van der Waals surface area (Å²) in [7, 11) is 1.24. The van der Waals surface area contributed by atoms with Crippen molar-refractivity contribution in [3.8, 4) is 5.75 Å². The van der Waals surface area contributed by atoms with E-state index in [1.807, 2.05) is 13.8 Å². The van der Waals surface area contributed by atoms with Crippen LogP contribution in [-0.4, -0.2) is 152 Å². The Bertz CT molecular complexity index is 3090. The van der Waals surface area contributed by atoms with Gasteiger partial charge < -0.3 is 69.8 Å². The Balaban J connectivity index is 1.68. The molecule has 1 aliphatic heterocycles. The lowest BCUT2D eigenvalue weighted by atomic mass is 9.98. The number of fused-ring (bicyclic) bond motifs is 2. The van der Waals surface area contributed by atoms with Crippen molar-refractivity contribution >= 4 is 82.8 Å². The maximum Gasteiger partial charge on any atom is 0.313 e. The minimum atomic E-state index is -1.33. The van der Waals surface area contributed by atoms with Gasteiger partial charge in [-0.05, 0) is 118 Å². The molecule has 92 heavy (non-hydrogen) atoms. The van der Waals surface area contributed by atoms with Crippen molar-refractivity contribution in [3.63, 3.8) is 0 Å². The lowest BCUT2D eigenvalue weighted by Crippen LogP contribution is -2.60. The molecule has 0 fully saturated rings. The van der Waals surface area contributed by atoms with E-state index in [0.717, 1.165) is 6.07 Å². The zero-order valence-electron chi connectivity index (χ0n) is 53.6. The Labute approximate surface area is 536 Å². The number of unbranched alkanes of at least 4 members (excludes halogenated alkanes) is 1. The van der Waals surface area contributed by atoms with Gasteiger partial charge in [-0.3, -0.25) is 57.5 Å². The maximum absolute atomic E-state index is 14.6. The predicted molar refractivity (Wildman–Crippen MR) is 343 cm³/mol. The molecule has 0 aliphatic carbocycles. The van der Waals surface area contributed by atoms with Crippen LogP contribution in [0.15, 0.2) is 94.1 Å². The number of aliphatic imine (C=N–C) groups is 1. The summed E-state index contributed by atoms with van der Waals surface area (Å²) in [5, 5.41) is 30.9. The Kier molecular flexibility index (Phi) is 31.5. The number of nitrogens with one attached hydrogen (secondary N) is 9. The van der Waals surface area contributed by atoms with Crippen molar-refractivity contribution in [2.75, 3.05) is 25.5 Å². The van der Waals surface area contributed by atoms with Crippen LogP contribution in [0.3, 0.4) is 0 Å². The van der Waals surface area contributed by atoms with Crippen molar-refractivity contribution in [2.24, 2.45) is 50.2 Å². The number of azo groups is 1. The fourth-order valence-electron chi connectivity index (χ4n) is 9.55. The van der Waals surface area contributed by atoms with Gasteiger partial charge in [-0.25, -0.2) is 4.99 Å². The maximum atomic E-state index is 14.6. The minimum Gasteiger partial charge on any atom is -0.496 e. The van der Waals surface area contributed by atoms with Crippen LogP contribution in [-0.2, 0) is 65.6 Å². The Morgan fingerprint density at radius 2 is 1.10 bits per heavy atom. The predicted octanol–water partition coefficient (Wildman–Crippen LogP) is 1.47. The highest BCUT2D eigenvalue weighted by Crippen LogP contribution is 2.24. The average molecular weight is 1280 g/mol. The first-order chi connectivity index (χ1) is 43.7. The van der Waals surface area contributed by atoms with E-state index in [0.29, 0.717) is 30.5 Å². The van der Waals surface area contributed by atoms with E-state index in [4.69, 9.17) is 21.9 Å². The highest BCUT2D eigenvalue weighted by atomic mass is 16.5. The van der Waals surface area contributed by atoms with Gasteiger partial charge in [0.05, 0.1) is 24.8 Å². The van der Waals surface area contributed by atoms with E-state index >= 15 is 0 Å². The van der Waals surface area contributed by atoms with Gasteiger partial charge in [-0.2, -0.15) is 0 Å². The largest absolute Gasteiger partial charge is 0.496 e. The second-order valence-electron chi connectivity index (χ2n) is 23.7. The number of hydrogen-bond donors (Lipinski definition) is 12. The van der Waals surface area contributed by atoms with Crippen LogP contribution in [0.5, 0.6) is 5.75 Å². The zero-order chi connectivity index (χ0) is 68.0. The summed E-state index contributed by atoms with van der Waals surface area (Å²) < 4.78 is 5.29. The smallest absolute Gasteiger partial charge is 0.313 e. The van der Waals surface area contributed by atoms with Gasteiger partial charge >= 0.3 is 11.8 Å². The lowest BCUT2D eigenvalue weighted by molar-refractivity contribution is -0.138. The van der Waals surface area contributed by atoms with Gasteiger partial charge in [-0.15, -0.1) is 10.2 Å². The number of carbonyl (C=O) groups excluding carboxylic acids is 12. The number of nitrogens with zero attached hydrogens (tertiary/aromatic N) is 3. The van der Waals surface area contributed by atoms with E-state index in [9.17, 15) is 57.5 Å². The molecule has 0 aromatic heterocycles. The highest BCUT2D eigenvalue weighted by molar-refractivity contribution is 6.40. The molecule has 9 atom stereocenters. The summed E-state index contributed by atoms with van der Waals surface area (Å²) in [6.45, 7) is 12.3. The van der Waals surface area contributed by atoms with Gasteiger partial charge in [0, 0.05) is 31.3 Å². The van der Waals surface area contributed by atoms with E-state index < -0.39 is 131 Å². The molecule has 0 spiro atoms. The molecule has 1 heterocycles. The molecule has 12 amide bonds. The Morgan fingerprint density at radius 1 is 0.554 bits per heavy atom. The third-order valence-electron chi connectivity index (χ3n) is 14.7. The fraction of sp³-hybridized carbons (Fsp3) is 0.516. The summed E-state index contributed by atoms with van der Waals surface area (Å²) in [5.41, 5.74) is 19.1. The number of nitrogens with two attached hydrogens (primary N) is 3. The number of benzene rings is 3. The fourth-order valence-corrected chi connectivity index (χ4v) is 9.55. The van der Waals surface area contributed by atoms with Crippen LogP contribution >= 0.6 is 0 Å². The minimum absolute atomic E-state index is 0.00419. The summed E-state index contributed by atoms with van der Waals surface area (Å²) in [6.07, 6.45) is 2.38. The standard InChI is InChI=1S/C64H91N15O13/c1-36(2)31-47-59(86)72-46(25-15-16-28-65)57(84)69-30-17-23-44(66)55(82)73-48(32-37(3)4)61(88)77-52(38(5)6)62(89)75-50(34-41-21-13-10-14-22-41)60(87)74-49(33-40-19-11-9-12-20-40)58(85)70-39(7)53(80)68-29-18-24-45(67)56(83)79-78-54(81)43-35-42(26-27-51(43)92-8)71-63(90)64(91)76-47/h9-14,19-22,26-27,29,35-39,44-50,52H,15-18,23-25,28,30-34,65-67H2,1-8H3,(H,69,84)(H,70,85)(H,71,90)(H,72,86)(H,73,82)(H,74,87)(H,75,89)(H,76,91)(H,77,88)/t39-,44-,45-,46-,47-,48-,49-,50-,52-/m0/s1. The Morgan fingerprint density at radius 3 is 1.67 bits per heavy atom. The molecule has 0 unspecified atom stereocenters. The zero-order valence-corrected chi connectivity index (χ0v) is 53.6. The molecule has 4 rings (SSSR count). The van der Waals surface area contributed by atoms with Gasteiger partial charge in [0.1, 0.15) is 48.0 Å². The molecule has 28 heteroatoms. The van der Waals surface area contributed by atoms with Gasteiger partial charge in [0.2, 0.25) is 41.4 Å². The number of rotatable bonds is 14. The first-order valence-electron chi connectivity index (χ1n) is 31.0. The van der Waals surface area contributed by atoms with Crippen molar-refractivity contribution in [2.45, 2.75) is 173 Å². The van der Waals surface area contributed by atoms with Crippen molar-refractivity contribution in [3.05, 3.63) is 95.6 Å². The molecule has 0 saturated carbocycles. The molecule has 0 radical (unpaired) electrons. The molecular weight excluding hydrogens is 1190 g/mol. The van der Waals surface area contributed by atoms with E-state index in [1.165, 1.54) is 32.4 Å². The van der Waals surface area contributed by atoms with Crippen molar-refractivity contribution < 1.29 is 62.3 Å². The number of carbonyl (C=O) groups is 12. The second-order valence-corrected chi connectivity index (χ2v) is 23.7. The number of anilines is 1. The summed E-state index contributed by atoms with van der Waals surface area (Å²) in [5.74, 6) is -11.4. The molecule has 2 bridgehead atoms. The first kappa shape index (κ1) is 75.3. The summed E-state index contributed by atoms with van der Waals surface area (Å²) >= 11 is 0. The monoisotopic (exact) mass is 1280 g/mol. The molecule has 1 aliphatic rings. The molecular formula is C64H91N15O13. The summed E-state index contributed by atoms with van der Waals surface area (Å²) in [4.78, 5) is 169. The second kappa shape index (κ2) is 38.5. The van der Waals surface area contributed by atoms with Gasteiger partial charge in [0.15, 0.2) is 0 Å². The normalized spacial score (nSPS) is 23.6. The first-order valence-corrected chi connectivity index (χ1v) is 31.0. The van der Waals surface area contributed by atoms with Crippen molar-refractivity contribution in [1.29, 1.82) is 0 Å².